The molecular weight excluding hydrogens is 268 g/mol. The third kappa shape index (κ3) is 2.70. The SMILES string of the molecule is Cc1ccc(CN2C(=O)CS[C@@H]2c2cccnc2)cc1. The zero-order valence-corrected chi connectivity index (χ0v) is 12.1. The second kappa shape index (κ2) is 5.67. The molecule has 3 rings (SSSR count). The quantitative estimate of drug-likeness (QED) is 0.868. The normalized spacial score (nSPS) is 18.6. The highest BCUT2D eigenvalue weighted by atomic mass is 32.2. The highest BCUT2D eigenvalue weighted by Crippen LogP contribution is 2.39. The average Bonchev–Trinajstić information content (AvgIpc) is 2.84. The summed E-state index contributed by atoms with van der Waals surface area (Å²) in [5, 5.41) is 0.0810. The molecule has 1 atom stereocenters. The molecule has 2 heterocycles. The predicted octanol–water partition coefficient (Wildman–Crippen LogP) is 3.16. The number of hydrogen-bond acceptors (Lipinski definition) is 3. The molecule has 1 aliphatic heterocycles. The minimum atomic E-state index is 0.0810. The van der Waals surface area contributed by atoms with Gasteiger partial charge in [-0.2, -0.15) is 0 Å². The van der Waals surface area contributed by atoms with Gasteiger partial charge in [0.1, 0.15) is 5.37 Å². The van der Waals surface area contributed by atoms with Crippen molar-refractivity contribution in [3.05, 3.63) is 65.5 Å². The summed E-state index contributed by atoms with van der Waals surface area (Å²) >= 11 is 1.67. The van der Waals surface area contributed by atoms with E-state index in [1.165, 1.54) is 11.1 Å². The minimum absolute atomic E-state index is 0.0810. The van der Waals surface area contributed by atoms with E-state index < -0.39 is 0 Å². The zero-order chi connectivity index (χ0) is 13.9. The number of thioether (sulfide) groups is 1. The summed E-state index contributed by atoms with van der Waals surface area (Å²) in [6, 6.07) is 12.3. The number of rotatable bonds is 3. The minimum Gasteiger partial charge on any atom is -0.321 e. The van der Waals surface area contributed by atoms with Crippen LogP contribution in [0.2, 0.25) is 0 Å². The van der Waals surface area contributed by atoms with Crippen LogP contribution in [0.15, 0.2) is 48.8 Å². The van der Waals surface area contributed by atoms with E-state index in [0.717, 1.165) is 5.56 Å². The molecule has 20 heavy (non-hydrogen) atoms. The number of hydrogen-bond donors (Lipinski definition) is 0. The maximum absolute atomic E-state index is 12.1. The fourth-order valence-electron chi connectivity index (χ4n) is 2.31. The third-order valence-corrected chi connectivity index (χ3v) is 4.67. The van der Waals surface area contributed by atoms with Crippen molar-refractivity contribution < 1.29 is 4.79 Å². The molecule has 1 saturated heterocycles. The maximum atomic E-state index is 12.1. The Hall–Kier alpha value is -1.81. The number of aromatic nitrogens is 1. The van der Waals surface area contributed by atoms with Crippen molar-refractivity contribution in [3.8, 4) is 0 Å². The Balaban J connectivity index is 1.82. The van der Waals surface area contributed by atoms with Crippen LogP contribution in [0, 0.1) is 6.92 Å². The zero-order valence-electron chi connectivity index (χ0n) is 11.3. The molecule has 0 spiro atoms. The lowest BCUT2D eigenvalue weighted by Crippen LogP contribution is -2.27. The van der Waals surface area contributed by atoms with Crippen LogP contribution in [0.5, 0.6) is 0 Å². The summed E-state index contributed by atoms with van der Waals surface area (Å²) in [6.45, 7) is 2.73. The molecule has 1 aromatic carbocycles. The lowest BCUT2D eigenvalue weighted by molar-refractivity contribution is -0.128. The third-order valence-electron chi connectivity index (χ3n) is 3.41. The molecule has 0 radical (unpaired) electrons. The number of amides is 1. The van der Waals surface area contributed by atoms with Crippen LogP contribution < -0.4 is 0 Å². The molecule has 0 N–H and O–H groups in total. The van der Waals surface area contributed by atoms with E-state index in [9.17, 15) is 4.79 Å². The molecule has 2 aromatic rings. The maximum Gasteiger partial charge on any atom is 0.234 e. The van der Waals surface area contributed by atoms with E-state index in [4.69, 9.17) is 0 Å². The molecule has 1 aromatic heterocycles. The Labute approximate surface area is 123 Å². The molecule has 0 aliphatic carbocycles. The number of aryl methyl sites for hydroxylation is 1. The Kier molecular flexibility index (Phi) is 3.74. The first kappa shape index (κ1) is 13.2. The highest BCUT2D eigenvalue weighted by Gasteiger charge is 2.32. The van der Waals surface area contributed by atoms with E-state index in [1.54, 1.807) is 18.0 Å². The topological polar surface area (TPSA) is 33.2 Å². The predicted molar refractivity (Wildman–Crippen MR) is 81.2 cm³/mol. The summed E-state index contributed by atoms with van der Waals surface area (Å²) in [5.41, 5.74) is 3.50. The van der Waals surface area contributed by atoms with Crippen molar-refractivity contribution in [3.63, 3.8) is 0 Å². The van der Waals surface area contributed by atoms with E-state index in [1.807, 2.05) is 23.2 Å². The van der Waals surface area contributed by atoms with Crippen molar-refractivity contribution in [2.24, 2.45) is 0 Å². The molecule has 3 nitrogen and oxygen atoms in total. The Morgan fingerprint density at radius 2 is 2.10 bits per heavy atom. The van der Waals surface area contributed by atoms with Gasteiger partial charge < -0.3 is 4.90 Å². The summed E-state index contributed by atoms with van der Waals surface area (Å²) in [5.74, 6) is 0.746. The van der Waals surface area contributed by atoms with E-state index in [2.05, 4.69) is 36.2 Å². The fourth-order valence-corrected chi connectivity index (χ4v) is 3.48. The van der Waals surface area contributed by atoms with Gasteiger partial charge in [-0.3, -0.25) is 9.78 Å². The van der Waals surface area contributed by atoms with Crippen LogP contribution in [0.3, 0.4) is 0 Å². The molecule has 4 heteroatoms. The van der Waals surface area contributed by atoms with Crippen molar-refractivity contribution >= 4 is 17.7 Å². The van der Waals surface area contributed by atoms with Gasteiger partial charge in [-0.05, 0) is 18.6 Å². The number of nitrogens with zero attached hydrogens (tertiary/aromatic N) is 2. The van der Waals surface area contributed by atoms with Gasteiger partial charge in [0.25, 0.3) is 0 Å². The average molecular weight is 284 g/mol. The van der Waals surface area contributed by atoms with Gasteiger partial charge in [-0.15, -0.1) is 11.8 Å². The van der Waals surface area contributed by atoms with Gasteiger partial charge in [-0.25, -0.2) is 0 Å². The molecule has 1 aliphatic rings. The summed E-state index contributed by atoms with van der Waals surface area (Å²) in [7, 11) is 0. The lowest BCUT2D eigenvalue weighted by Gasteiger charge is -2.24. The van der Waals surface area contributed by atoms with Crippen molar-refractivity contribution in [2.75, 3.05) is 5.75 Å². The standard InChI is InChI=1S/C16H16N2OS/c1-12-4-6-13(7-5-12)10-18-15(19)11-20-16(18)14-3-2-8-17-9-14/h2-9,16H,10-11H2,1H3/t16-/m1/s1. The summed E-state index contributed by atoms with van der Waals surface area (Å²) in [4.78, 5) is 18.2. The molecule has 0 unspecified atom stereocenters. The molecule has 102 valence electrons. The van der Waals surface area contributed by atoms with E-state index >= 15 is 0 Å². The van der Waals surface area contributed by atoms with Crippen LogP contribution in [-0.4, -0.2) is 21.5 Å². The summed E-state index contributed by atoms with van der Waals surface area (Å²) < 4.78 is 0. The molecule has 0 bridgehead atoms. The first-order valence-electron chi connectivity index (χ1n) is 6.60. The van der Waals surface area contributed by atoms with Gasteiger partial charge in [0, 0.05) is 24.5 Å². The Morgan fingerprint density at radius 1 is 1.30 bits per heavy atom. The number of carbonyl (C=O) groups is 1. The second-order valence-electron chi connectivity index (χ2n) is 4.96. The number of pyridine rings is 1. The van der Waals surface area contributed by atoms with Crippen molar-refractivity contribution in [1.29, 1.82) is 0 Å². The fraction of sp³-hybridized carbons (Fsp3) is 0.250. The molecule has 1 amide bonds. The van der Waals surface area contributed by atoms with Gasteiger partial charge in [0.15, 0.2) is 0 Å². The second-order valence-corrected chi connectivity index (χ2v) is 6.03. The first-order chi connectivity index (χ1) is 9.74. The molecule has 1 fully saturated rings. The molecule has 0 saturated carbocycles. The lowest BCUT2D eigenvalue weighted by atomic mass is 10.1. The molecular formula is C16H16N2OS. The largest absolute Gasteiger partial charge is 0.321 e. The van der Waals surface area contributed by atoms with Gasteiger partial charge in [0.2, 0.25) is 5.91 Å². The highest BCUT2D eigenvalue weighted by molar-refractivity contribution is 8.00. The van der Waals surface area contributed by atoms with Crippen molar-refractivity contribution in [1.82, 2.24) is 9.88 Å². The van der Waals surface area contributed by atoms with Crippen LogP contribution in [0.1, 0.15) is 22.1 Å². The van der Waals surface area contributed by atoms with Gasteiger partial charge in [0.05, 0.1) is 5.75 Å². The first-order valence-corrected chi connectivity index (χ1v) is 7.65. The Morgan fingerprint density at radius 3 is 2.80 bits per heavy atom. The monoisotopic (exact) mass is 284 g/mol. The smallest absolute Gasteiger partial charge is 0.234 e. The summed E-state index contributed by atoms with van der Waals surface area (Å²) in [6.07, 6.45) is 3.60. The van der Waals surface area contributed by atoms with Gasteiger partial charge in [-0.1, -0.05) is 35.9 Å². The van der Waals surface area contributed by atoms with Crippen LogP contribution >= 0.6 is 11.8 Å². The van der Waals surface area contributed by atoms with Crippen LogP contribution in [0.25, 0.3) is 0 Å². The number of carbonyl (C=O) groups excluding carboxylic acids is 1. The Bertz CT molecular complexity index is 598. The van der Waals surface area contributed by atoms with Gasteiger partial charge >= 0.3 is 0 Å². The van der Waals surface area contributed by atoms with E-state index in [-0.39, 0.29) is 11.3 Å². The van der Waals surface area contributed by atoms with Crippen molar-refractivity contribution in [2.45, 2.75) is 18.8 Å². The number of benzene rings is 1. The van der Waals surface area contributed by atoms with Crippen LogP contribution in [-0.2, 0) is 11.3 Å². The van der Waals surface area contributed by atoms with E-state index in [0.29, 0.717) is 12.3 Å². The van der Waals surface area contributed by atoms with Crippen LogP contribution in [0.4, 0.5) is 0 Å².